The van der Waals surface area contributed by atoms with Crippen LogP contribution in [0.15, 0.2) is 53.1 Å². The highest BCUT2D eigenvalue weighted by molar-refractivity contribution is 6.31. The quantitative estimate of drug-likeness (QED) is 0.750. The van der Waals surface area contributed by atoms with Gasteiger partial charge in [0.2, 0.25) is 0 Å². The monoisotopic (exact) mass is 300 g/mol. The molecule has 1 unspecified atom stereocenters. The standard InChI is InChI=1S/C17H17ClN2O/c1-2-8-20-17(14-5-3-4-9-19-14)16-11-12-10-13(18)6-7-15(12)21-16/h3-7,9-11,17,20H,2,8H2,1H3. The Kier molecular flexibility index (Phi) is 4.23. The van der Waals surface area contributed by atoms with Gasteiger partial charge < -0.3 is 9.73 Å². The lowest BCUT2D eigenvalue weighted by atomic mass is 10.1. The summed E-state index contributed by atoms with van der Waals surface area (Å²) in [6.45, 7) is 3.04. The van der Waals surface area contributed by atoms with Gasteiger partial charge in [0.05, 0.1) is 5.69 Å². The van der Waals surface area contributed by atoms with Crippen molar-refractivity contribution < 1.29 is 4.42 Å². The molecule has 1 aromatic carbocycles. The van der Waals surface area contributed by atoms with Gasteiger partial charge in [0.25, 0.3) is 0 Å². The van der Waals surface area contributed by atoms with E-state index in [4.69, 9.17) is 16.0 Å². The molecule has 3 rings (SSSR count). The highest BCUT2D eigenvalue weighted by Gasteiger charge is 2.19. The van der Waals surface area contributed by atoms with Crippen molar-refractivity contribution in [3.63, 3.8) is 0 Å². The van der Waals surface area contributed by atoms with Crippen LogP contribution in [0.1, 0.15) is 30.8 Å². The molecule has 0 saturated heterocycles. The third-order valence-electron chi connectivity index (χ3n) is 3.36. The Morgan fingerprint density at radius 2 is 2.14 bits per heavy atom. The van der Waals surface area contributed by atoms with E-state index in [9.17, 15) is 0 Å². The van der Waals surface area contributed by atoms with Crippen LogP contribution in [0.3, 0.4) is 0 Å². The Bertz CT molecular complexity index is 724. The Morgan fingerprint density at radius 1 is 1.24 bits per heavy atom. The van der Waals surface area contributed by atoms with Gasteiger partial charge in [0.15, 0.2) is 0 Å². The lowest BCUT2D eigenvalue weighted by Crippen LogP contribution is -2.23. The molecule has 3 aromatic rings. The molecule has 1 atom stereocenters. The first-order chi connectivity index (χ1) is 10.3. The average Bonchev–Trinajstić information content (AvgIpc) is 2.91. The van der Waals surface area contributed by atoms with Gasteiger partial charge in [-0.1, -0.05) is 24.6 Å². The molecular formula is C17H17ClN2O. The molecule has 0 amide bonds. The van der Waals surface area contributed by atoms with Crippen molar-refractivity contribution in [2.75, 3.05) is 6.54 Å². The fourth-order valence-corrected chi connectivity index (χ4v) is 2.54. The molecule has 0 bridgehead atoms. The van der Waals surface area contributed by atoms with Gasteiger partial charge in [-0.05, 0) is 49.4 Å². The van der Waals surface area contributed by atoms with Gasteiger partial charge in [-0.15, -0.1) is 0 Å². The number of nitrogens with zero attached hydrogens (tertiary/aromatic N) is 1. The lowest BCUT2D eigenvalue weighted by Gasteiger charge is -2.15. The SMILES string of the molecule is CCCNC(c1ccccn1)c1cc2cc(Cl)ccc2o1. The summed E-state index contributed by atoms with van der Waals surface area (Å²) in [4.78, 5) is 4.45. The van der Waals surface area contributed by atoms with E-state index in [1.54, 1.807) is 6.20 Å². The van der Waals surface area contributed by atoms with Gasteiger partial charge in [-0.3, -0.25) is 4.98 Å². The van der Waals surface area contributed by atoms with Crippen molar-refractivity contribution in [3.8, 4) is 0 Å². The van der Waals surface area contributed by atoms with Crippen LogP contribution in [0.25, 0.3) is 11.0 Å². The van der Waals surface area contributed by atoms with Crippen molar-refractivity contribution in [1.82, 2.24) is 10.3 Å². The molecule has 1 N–H and O–H groups in total. The minimum Gasteiger partial charge on any atom is -0.459 e. The summed E-state index contributed by atoms with van der Waals surface area (Å²) < 4.78 is 5.98. The summed E-state index contributed by atoms with van der Waals surface area (Å²) in [6.07, 6.45) is 2.85. The van der Waals surface area contributed by atoms with Crippen molar-refractivity contribution >= 4 is 22.6 Å². The minimum atomic E-state index is -0.0441. The first-order valence-corrected chi connectivity index (χ1v) is 7.49. The van der Waals surface area contributed by atoms with Crippen LogP contribution in [0.4, 0.5) is 0 Å². The van der Waals surface area contributed by atoms with Crippen molar-refractivity contribution in [1.29, 1.82) is 0 Å². The van der Waals surface area contributed by atoms with Gasteiger partial charge in [-0.2, -0.15) is 0 Å². The molecule has 108 valence electrons. The van der Waals surface area contributed by atoms with Crippen LogP contribution in [0, 0.1) is 0 Å². The van der Waals surface area contributed by atoms with Gasteiger partial charge in [0.1, 0.15) is 17.4 Å². The maximum Gasteiger partial charge on any atom is 0.134 e. The largest absolute Gasteiger partial charge is 0.459 e. The second-order valence-corrected chi connectivity index (χ2v) is 5.41. The van der Waals surface area contributed by atoms with E-state index < -0.39 is 0 Å². The third-order valence-corrected chi connectivity index (χ3v) is 3.60. The van der Waals surface area contributed by atoms with Gasteiger partial charge in [-0.25, -0.2) is 0 Å². The Hall–Kier alpha value is -1.84. The molecule has 2 aromatic heterocycles. The van der Waals surface area contributed by atoms with E-state index in [1.807, 2.05) is 42.5 Å². The summed E-state index contributed by atoms with van der Waals surface area (Å²) >= 11 is 6.04. The lowest BCUT2D eigenvalue weighted by molar-refractivity contribution is 0.464. The van der Waals surface area contributed by atoms with Crippen molar-refractivity contribution in [2.24, 2.45) is 0 Å². The third kappa shape index (κ3) is 3.09. The number of fused-ring (bicyclic) bond motifs is 1. The molecule has 0 fully saturated rings. The number of rotatable bonds is 5. The minimum absolute atomic E-state index is 0.0441. The number of pyridine rings is 1. The van der Waals surface area contributed by atoms with Gasteiger partial charge in [0, 0.05) is 16.6 Å². The Labute approximate surface area is 128 Å². The molecular weight excluding hydrogens is 284 g/mol. The zero-order chi connectivity index (χ0) is 14.7. The molecule has 21 heavy (non-hydrogen) atoms. The van der Waals surface area contributed by atoms with E-state index in [-0.39, 0.29) is 6.04 Å². The molecule has 0 aliphatic rings. The van der Waals surface area contributed by atoms with E-state index in [1.165, 1.54) is 0 Å². The molecule has 0 saturated carbocycles. The summed E-state index contributed by atoms with van der Waals surface area (Å²) in [5, 5.41) is 5.21. The maximum atomic E-state index is 6.04. The topological polar surface area (TPSA) is 38.1 Å². The van der Waals surface area contributed by atoms with Crippen molar-refractivity contribution in [3.05, 3.63) is 65.1 Å². The summed E-state index contributed by atoms with van der Waals surface area (Å²) in [5.74, 6) is 0.861. The number of aromatic nitrogens is 1. The highest BCUT2D eigenvalue weighted by Crippen LogP contribution is 2.29. The van der Waals surface area contributed by atoms with Crippen LogP contribution in [0.5, 0.6) is 0 Å². The molecule has 0 radical (unpaired) electrons. The number of hydrogen-bond acceptors (Lipinski definition) is 3. The average molecular weight is 301 g/mol. The smallest absolute Gasteiger partial charge is 0.134 e. The highest BCUT2D eigenvalue weighted by atomic mass is 35.5. The fourth-order valence-electron chi connectivity index (χ4n) is 2.36. The Balaban J connectivity index is 2.01. The molecule has 2 heterocycles. The van der Waals surface area contributed by atoms with Crippen LogP contribution in [-0.2, 0) is 0 Å². The second kappa shape index (κ2) is 6.29. The summed E-state index contributed by atoms with van der Waals surface area (Å²) in [7, 11) is 0. The molecule has 0 aliphatic heterocycles. The fraction of sp³-hybridized carbons (Fsp3) is 0.235. The van der Waals surface area contributed by atoms with E-state index in [0.29, 0.717) is 5.02 Å². The number of furan rings is 1. The number of nitrogens with one attached hydrogen (secondary N) is 1. The van der Waals surface area contributed by atoms with E-state index in [2.05, 4.69) is 17.2 Å². The number of halogens is 1. The van der Waals surface area contributed by atoms with Gasteiger partial charge >= 0.3 is 0 Å². The molecule has 0 spiro atoms. The first kappa shape index (κ1) is 14.1. The maximum absolute atomic E-state index is 6.04. The number of benzene rings is 1. The normalized spacial score (nSPS) is 12.7. The van der Waals surface area contributed by atoms with Crippen LogP contribution in [-0.4, -0.2) is 11.5 Å². The van der Waals surface area contributed by atoms with Crippen LogP contribution in [0.2, 0.25) is 5.02 Å². The summed E-state index contributed by atoms with van der Waals surface area (Å²) in [6, 6.07) is 13.6. The van der Waals surface area contributed by atoms with Crippen LogP contribution < -0.4 is 5.32 Å². The summed E-state index contributed by atoms with van der Waals surface area (Å²) in [5.41, 5.74) is 1.80. The predicted molar refractivity (Wildman–Crippen MR) is 85.6 cm³/mol. The van der Waals surface area contributed by atoms with Crippen molar-refractivity contribution in [2.45, 2.75) is 19.4 Å². The van der Waals surface area contributed by atoms with E-state index in [0.717, 1.165) is 35.4 Å². The second-order valence-electron chi connectivity index (χ2n) is 4.97. The van der Waals surface area contributed by atoms with E-state index >= 15 is 0 Å². The first-order valence-electron chi connectivity index (χ1n) is 7.11. The molecule has 3 nitrogen and oxygen atoms in total. The predicted octanol–water partition coefficient (Wildman–Crippen LogP) is 4.57. The number of hydrogen-bond donors (Lipinski definition) is 1. The zero-order valence-corrected chi connectivity index (χ0v) is 12.6. The Morgan fingerprint density at radius 3 is 2.90 bits per heavy atom. The molecule has 0 aliphatic carbocycles. The molecule has 4 heteroatoms. The van der Waals surface area contributed by atoms with Crippen LogP contribution >= 0.6 is 11.6 Å². The zero-order valence-electron chi connectivity index (χ0n) is 11.8.